The van der Waals surface area contributed by atoms with Gasteiger partial charge in [-0.3, -0.25) is 25.0 Å². The van der Waals surface area contributed by atoms with E-state index in [0.29, 0.717) is 5.82 Å². The number of fused-ring (bicyclic) bond motifs is 2. The summed E-state index contributed by atoms with van der Waals surface area (Å²) in [5.41, 5.74) is 6.56. The zero-order valence-corrected chi connectivity index (χ0v) is 15.6. The molecular formula is C22H14N8. The molecule has 0 aliphatic carbocycles. The van der Waals surface area contributed by atoms with Crippen molar-refractivity contribution in [3.63, 3.8) is 0 Å². The summed E-state index contributed by atoms with van der Waals surface area (Å²) in [6.45, 7) is 0. The molecule has 5 aromatic heterocycles. The maximum Gasteiger partial charge on any atom is 0.159 e. The van der Waals surface area contributed by atoms with Crippen LogP contribution in [-0.2, 0) is 0 Å². The van der Waals surface area contributed by atoms with Gasteiger partial charge in [-0.1, -0.05) is 12.1 Å². The predicted molar refractivity (Wildman–Crippen MR) is 113 cm³/mol. The Hall–Kier alpha value is -4.46. The van der Waals surface area contributed by atoms with Gasteiger partial charge in [0.1, 0.15) is 16.9 Å². The maximum absolute atomic E-state index is 4.82. The van der Waals surface area contributed by atoms with Gasteiger partial charge >= 0.3 is 0 Å². The van der Waals surface area contributed by atoms with E-state index in [2.05, 4.69) is 35.1 Å². The fraction of sp³-hybridized carbons (Fsp3) is 0. The first-order chi connectivity index (χ1) is 14.9. The average Bonchev–Trinajstić information content (AvgIpc) is 3.43. The van der Waals surface area contributed by atoms with Crippen LogP contribution in [0.3, 0.4) is 0 Å². The summed E-state index contributed by atoms with van der Waals surface area (Å²) < 4.78 is 0. The Labute approximate surface area is 170 Å². The van der Waals surface area contributed by atoms with Crippen LogP contribution in [0.1, 0.15) is 0 Å². The Morgan fingerprint density at radius 1 is 0.733 bits per heavy atom. The number of benzene rings is 1. The number of H-pyrrole nitrogens is 2. The normalized spacial score (nSPS) is 11.3. The molecule has 8 nitrogen and oxygen atoms in total. The lowest BCUT2D eigenvalue weighted by molar-refractivity contribution is 1.11. The van der Waals surface area contributed by atoms with Gasteiger partial charge < -0.3 is 4.98 Å². The van der Waals surface area contributed by atoms with Crippen molar-refractivity contribution in [3.8, 4) is 34.2 Å². The second-order valence-corrected chi connectivity index (χ2v) is 6.78. The van der Waals surface area contributed by atoms with E-state index in [9.17, 15) is 0 Å². The van der Waals surface area contributed by atoms with Crippen LogP contribution in [0.25, 0.3) is 56.1 Å². The van der Waals surface area contributed by atoms with E-state index in [-0.39, 0.29) is 0 Å². The fourth-order valence-electron chi connectivity index (χ4n) is 3.54. The van der Waals surface area contributed by atoms with Crippen molar-refractivity contribution >= 4 is 21.9 Å². The molecule has 0 aliphatic rings. The molecule has 0 fully saturated rings. The van der Waals surface area contributed by atoms with Gasteiger partial charge in [0.25, 0.3) is 0 Å². The Bertz CT molecular complexity index is 1490. The molecule has 0 spiro atoms. The minimum Gasteiger partial charge on any atom is -0.336 e. The number of hydrogen-bond acceptors (Lipinski definition) is 6. The number of hydrogen-bond donors (Lipinski definition) is 2. The summed E-state index contributed by atoms with van der Waals surface area (Å²) in [6.07, 6.45) is 8.59. The van der Waals surface area contributed by atoms with E-state index in [1.54, 1.807) is 31.0 Å². The predicted octanol–water partition coefficient (Wildman–Crippen LogP) is 4.02. The largest absolute Gasteiger partial charge is 0.336 e. The third kappa shape index (κ3) is 2.62. The molecule has 2 N–H and O–H groups in total. The van der Waals surface area contributed by atoms with Crippen LogP contribution in [0.4, 0.5) is 0 Å². The molecule has 0 radical (unpaired) electrons. The average molecular weight is 390 g/mol. The fourth-order valence-corrected chi connectivity index (χ4v) is 3.54. The first-order valence-electron chi connectivity index (χ1n) is 9.38. The number of nitrogens with one attached hydrogen (secondary N) is 2. The molecule has 0 saturated heterocycles. The first kappa shape index (κ1) is 16.5. The SMILES string of the molecule is c1ccc(-c2nccc3[nH]c(-c4n[nH]c5ccc(-c6cnccn6)cc45)nc23)nc1. The third-order valence-corrected chi connectivity index (χ3v) is 4.95. The van der Waals surface area contributed by atoms with E-state index < -0.39 is 0 Å². The van der Waals surface area contributed by atoms with Gasteiger partial charge in [0.15, 0.2) is 5.82 Å². The van der Waals surface area contributed by atoms with Gasteiger partial charge in [-0.05, 0) is 30.3 Å². The van der Waals surface area contributed by atoms with Crippen molar-refractivity contribution in [1.29, 1.82) is 0 Å². The smallest absolute Gasteiger partial charge is 0.159 e. The van der Waals surface area contributed by atoms with E-state index >= 15 is 0 Å². The molecule has 0 saturated carbocycles. The molecule has 6 aromatic rings. The number of nitrogens with zero attached hydrogens (tertiary/aromatic N) is 6. The summed E-state index contributed by atoms with van der Waals surface area (Å²) in [4.78, 5) is 25.7. The van der Waals surface area contributed by atoms with Crippen molar-refractivity contribution in [3.05, 3.63) is 73.4 Å². The van der Waals surface area contributed by atoms with Gasteiger partial charge in [0.2, 0.25) is 0 Å². The van der Waals surface area contributed by atoms with Crippen molar-refractivity contribution in [2.75, 3.05) is 0 Å². The van der Waals surface area contributed by atoms with Gasteiger partial charge in [0.05, 0.1) is 28.6 Å². The van der Waals surface area contributed by atoms with Crippen molar-refractivity contribution in [2.45, 2.75) is 0 Å². The first-order valence-corrected chi connectivity index (χ1v) is 9.38. The summed E-state index contributed by atoms with van der Waals surface area (Å²) in [6, 6.07) is 13.7. The second-order valence-electron chi connectivity index (χ2n) is 6.78. The lowest BCUT2D eigenvalue weighted by Gasteiger charge is -2.00. The number of aromatic amines is 2. The Balaban J connectivity index is 1.52. The minimum atomic E-state index is 0.665. The Morgan fingerprint density at radius 2 is 1.70 bits per heavy atom. The van der Waals surface area contributed by atoms with Crippen LogP contribution >= 0.6 is 0 Å². The summed E-state index contributed by atoms with van der Waals surface area (Å²) in [5, 5.41) is 8.54. The quantitative estimate of drug-likeness (QED) is 0.472. The Morgan fingerprint density at radius 3 is 2.57 bits per heavy atom. The standard InChI is InChI=1S/C22H14N8/c1-2-7-24-16(3-1)20-21-17(6-8-26-20)27-22(28-21)19-14-11-13(4-5-15(14)29-30-19)18-12-23-9-10-25-18/h1-12H,(H,27,28)(H,29,30). The summed E-state index contributed by atoms with van der Waals surface area (Å²) >= 11 is 0. The van der Waals surface area contributed by atoms with Crippen LogP contribution in [-0.4, -0.2) is 40.1 Å². The molecule has 30 heavy (non-hydrogen) atoms. The zero-order chi connectivity index (χ0) is 19.9. The molecular weight excluding hydrogens is 376 g/mol. The molecule has 142 valence electrons. The maximum atomic E-state index is 4.82. The van der Waals surface area contributed by atoms with Gasteiger partial charge in [-0.15, -0.1) is 0 Å². The number of aromatic nitrogens is 8. The van der Waals surface area contributed by atoms with Crippen molar-refractivity contribution in [1.82, 2.24) is 40.1 Å². The summed E-state index contributed by atoms with van der Waals surface area (Å²) in [7, 11) is 0. The van der Waals surface area contributed by atoms with Crippen molar-refractivity contribution in [2.24, 2.45) is 0 Å². The Kier molecular flexibility index (Phi) is 3.60. The van der Waals surface area contributed by atoms with E-state index in [0.717, 1.165) is 50.3 Å². The molecule has 0 atom stereocenters. The lowest BCUT2D eigenvalue weighted by atomic mass is 10.1. The van der Waals surface area contributed by atoms with Crippen LogP contribution in [0, 0.1) is 0 Å². The number of imidazole rings is 1. The topological polar surface area (TPSA) is 109 Å². The molecule has 0 bridgehead atoms. The van der Waals surface area contributed by atoms with E-state index in [1.807, 2.05) is 42.5 Å². The van der Waals surface area contributed by atoms with Crippen LogP contribution < -0.4 is 0 Å². The highest BCUT2D eigenvalue weighted by molar-refractivity contribution is 5.97. The van der Waals surface area contributed by atoms with E-state index in [4.69, 9.17) is 4.98 Å². The van der Waals surface area contributed by atoms with Gasteiger partial charge in [-0.25, -0.2) is 4.98 Å². The number of rotatable bonds is 3. The molecule has 6 rings (SSSR count). The highest BCUT2D eigenvalue weighted by atomic mass is 15.1. The third-order valence-electron chi connectivity index (χ3n) is 4.95. The van der Waals surface area contributed by atoms with Crippen LogP contribution in [0.15, 0.2) is 73.4 Å². The molecule has 5 heterocycles. The number of pyridine rings is 2. The monoisotopic (exact) mass is 390 g/mol. The van der Waals surface area contributed by atoms with Gasteiger partial charge in [0, 0.05) is 35.7 Å². The highest BCUT2D eigenvalue weighted by Gasteiger charge is 2.16. The molecule has 0 unspecified atom stereocenters. The van der Waals surface area contributed by atoms with Crippen molar-refractivity contribution < 1.29 is 0 Å². The minimum absolute atomic E-state index is 0.665. The zero-order valence-electron chi connectivity index (χ0n) is 15.6. The van der Waals surface area contributed by atoms with E-state index in [1.165, 1.54) is 0 Å². The van der Waals surface area contributed by atoms with Crippen LogP contribution in [0.2, 0.25) is 0 Å². The lowest BCUT2D eigenvalue weighted by Crippen LogP contribution is -1.88. The highest BCUT2D eigenvalue weighted by Crippen LogP contribution is 2.31. The molecule has 0 amide bonds. The molecule has 0 aliphatic heterocycles. The molecule has 8 heteroatoms. The second kappa shape index (κ2) is 6.56. The van der Waals surface area contributed by atoms with Crippen LogP contribution in [0.5, 0.6) is 0 Å². The summed E-state index contributed by atoms with van der Waals surface area (Å²) in [5.74, 6) is 0.665. The molecule has 1 aromatic carbocycles. The van der Waals surface area contributed by atoms with Gasteiger partial charge in [-0.2, -0.15) is 5.10 Å².